The van der Waals surface area contributed by atoms with Crippen molar-refractivity contribution in [1.29, 1.82) is 0 Å². The van der Waals surface area contributed by atoms with Crippen LogP contribution in [0.1, 0.15) is 22.6 Å². The number of thiazole rings is 1. The molecule has 0 unspecified atom stereocenters. The Hall–Kier alpha value is -2.74. The predicted molar refractivity (Wildman–Crippen MR) is 101 cm³/mol. The van der Waals surface area contributed by atoms with E-state index in [2.05, 4.69) is 25.3 Å². The van der Waals surface area contributed by atoms with Crippen molar-refractivity contribution >= 4 is 22.4 Å². The Morgan fingerprint density at radius 1 is 1.12 bits per heavy atom. The summed E-state index contributed by atoms with van der Waals surface area (Å²) in [6.07, 6.45) is 4.43. The minimum Gasteiger partial charge on any atom is -0.346 e. The Labute approximate surface area is 155 Å². The Kier molecular flexibility index (Phi) is 4.66. The van der Waals surface area contributed by atoms with E-state index in [1.54, 1.807) is 28.3 Å². The van der Waals surface area contributed by atoms with Crippen molar-refractivity contribution in [1.82, 2.24) is 24.6 Å². The van der Waals surface area contributed by atoms with E-state index in [9.17, 15) is 4.79 Å². The normalized spacial score (nSPS) is 15.1. The van der Waals surface area contributed by atoms with E-state index in [0.29, 0.717) is 18.1 Å². The molecule has 134 valence electrons. The molecule has 0 radical (unpaired) electrons. The second kappa shape index (κ2) is 7.25. The van der Waals surface area contributed by atoms with E-state index < -0.39 is 0 Å². The molecule has 0 aliphatic carbocycles. The summed E-state index contributed by atoms with van der Waals surface area (Å²) in [5, 5.41) is 7.28. The number of aromatic nitrogens is 4. The van der Waals surface area contributed by atoms with Gasteiger partial charge in [-0.1, -0.05) is 6.07 Å². The molecule has 4 heterocycles. The van der Waals surface area contributed by atoms with E-state index >= 15 is 0 Å². The highest BCUT2D eigenvalue weighted by Crippen LogP contribution is 2.21. The number of hydrogen-bond acceptors (Lipinski definition) is 6. The largest absolute Gasteiger partial charge is 0.346 e. The van der Waals surface area contributed by atoms with Crippen LogP contribution in [0.3, 0.4) is 0 Å². The van der Waals surface area contributed by atoms with E-state index in [4.69, 9.17) is 0 Å². The van der Waals surface area contributed by atoms with Gasteiger partial charge in [0.05, 0.1) is 5.69 Å². The zero-order chi connectivity index (χ0) is 17.9. The summed E-state index contributed by atoms with van der Waals surface area (Å²) in [5.74, 6) is 0.617. The monoisotopic (exact) mass is 368 g/mol. The molecule has 7 nitrogen and oxygen atoms in total. The Balaban J connectivity index is 1.47. The van der Waals surface area contributed by atoms with E-state index in [1.165, 1.54) is 0 Å². The highest BCUT2D eigenvalue weighted by atomic mass is 32.1. The summed E-state index contributed by atoms with van der Waals surface area (Å²) >= 11 is 1.66. The van der Waals surface area contributed by atoms with Gasteiger partial charge in [0.2, 0.25) is 0 Å². The third kappa shape index (κ3) is 3.45. The van der Waals surface area contributed by atoms with Crippen LogP contribution in [0, 0.1) is 6.92 Å². The van der Waals surface area contributed by atoms with Crippen LogP contribution in [0.4, 0.5) is 5.13 Å². The molecular weight excluding hydrogens is 348 g/mol. The molecule has 1 fully saturated rings. The van der Waals surface area contributed by atoms with Gasteiger partial charge in [0, 0.05) is 44.0 Å². The Morgan fingerprint density at radius 3 is 2.81 bits per heavy atom. The van der Waals surface area contributed by atoms with Crippen LogP contribution in [0.5, 0.6) is 0 Å². The van der Waals surface area contributed by atoms with Gasteiger partial charge in [0.15, 0.2) is 10.9 Å². The van der Waals surface area contributed by atoms with Crippen molar-refractivity contribution in [3.63, 3.8) is 0 Å². The van der Waals surface area contributed by atoms with Gasteiger partial charge >= 0.3 is 0 Å². The Morgan fingerprint density at radius 2 is 2.04 bits per heavy atom. The van der Waals surface area contributed by atoms with Crippen LogP contribution in [-0.4, -0.2) is 56.7 Å². The molecule has 0 N–H and O–H groups in total. The molecule has 1 saturated heterocycles. The third-order valence-corrected chi connectivity index (χ3v) is 5.37. The van der Waals surface area contributed by atoms with Gasteiger partial charge in [0.25, 0.3) is 5.91 Å². The van der Waals surface area contributed by atoms with Crippen LogP contribution in [0.25, 0.3) is 5.82 Å². The van der Waals surface area contributed by atoms with Gasteiger partial charge in [-0.05, 0) is 31.5 Å². The first-order valence-electron chi connectivity index (χ1n) is 8.64. The average Bonchev–Trinajstić information content (AvgIpc) is 3.29. The summed E-state index contributed by atoms with van der Waals surface area (Å²) in [4.78, 5) is 26.1. The fourth-order valence-electron chi connectivity index (χ4n) is 3.03. The molecule has 26 heavy (non-hydrogen) atoms. The lowest BCUT2D eigenvalue weighted by atomic mass is 10.3. The average molecular weight is 368 g/mol. The molecule has 0 saturated carbocycles. The van der Waals surface area contributed by atoms with Crippen molar-refractivity contribution < 1.29 is 4.79 Å². The maximum absolute atomic E-state index is 12.9. The quantitative estimate of drug-likeness (QED) is 0.710. The molecule has 3 aromatic rings. The molecular formula is C18H20N6OS. The van der Waals surface area contributed by atoms with Crippen molar-refractivity contribution in [2.24, 2.45) is 0 Å². The summed E-state index contributed by atoms with van der Waals surface area (Å²) < 4.78 is 1.66. The number of nitrogens with zero attached hydrogens (tertiary/aromatic N) is 6. The molecule has 3 aromatic heterocycles. The lowest BCUT2D eigenvalue weighted by Gasteiger charge is -2.21. The molecule has 4 rings (SSSR count). The van der Waals surface area contributed by atoms with Gasteiger partial charge in [0.1, 0.15) is 5.69 Å². The molecule has 1 amide bonds. The first kappa shape index (κ1) is 16.7. The summed E-state index contributed by atoms with van der Waals surface area (Å²) in [6.45, 7) is 5.11. The van der Waals surface area contributed by atoms with Crippen LogP contribution in [0.2, 0.25) is 0 Å². The number of amides is 1. The number of anilines is 1. The van der Waals surface area contributed by atoms with Gasteiger partial charge < -0.3 is 9.80 Å². The molecule has 0 aromatic carbocycles. The van der Waals surface area contributed by atoms with Crippen molar-refractivity contribution in [2.45, 2.75) is 13.3 Å². The second-order valence-electron chi connectivity index (χ2n) is 6.24. The highest BCUT2D eigenvalue weighted by Gasteiger charge is 2.22. The molecule has 0 bridgehead atoms. The minimum atomic E-state index is -0.0313. The van der Waals surface area contributed by atoms with Crippen molar-refractivity contribution in [2.75, 3.05) is 31.1 Å². The van der Waals surface area contributed by atoms with E-state index in [-0.39, 0.29) is 5.91 Å². The van der Waals surface area contributed by atoms with Gasteiger partial charge in [-0.25, -0.2) is 14.6 Å². The topological polar surface area (TPSA) is 67.2 Å². The number of carbonyl (C=O) groups excluding carboxylic acids is 1. The number of aryl methyl sites for hydroxylation is 1. The third-order valence-electron chi connectivity index (χ3n) is 4.35. The van der Waals surface area contributed by atoms with Crippen molar-refractivity contribution in [3.05, 3.63) is 53.4 Å². The standard InChI is InChI=1S/C18H20N6OS/c1-14-13-26-18(20-14)23-9-4-8-22(11-12-23)17(25)15-5-2-6-16(21-15)24-10-3-7-19-24/h2-3,5-7,10,13H,4,8-9,11-12H2,1H3. The fraction of sp³-hybridized carbons (Fsp3) is 0.333. The number of carbonyl (C=O) groups is 1. The fourth-order valence-corrected chi connectivity index (χ4v) is 3.89. The SMILES string of the molecule is Cc1csc(N2CCCN(C(=O)c3cccc(-n4cccn4)n3)CC2)n1. The number of pyridine rings is 1. The van der Waals surface area contributed by atoms with Crippen LogP contribution >= 0.6 is 11.3 Å². The zero-order valence-corrected chi connectivity index (χ0v) is 15.4. The summed E-state index contributed by atoms with van der Waals surface area (Å²) in [6, 6.07) is 7.29. The van der Waals surface area contributed by atoms with Gasteiger partial charge in [-0.3, -0.25) is 4.79 Å². The van der Waals surface area contributed by atoms with Crippen LogP contribution in [0.15, 0.2) is 42.0 Å². The predicted octanol–water partition coefficient (Wildman–Crippen LogP) is 2.38. The first-order chi connectivity index (χ1) is 12.7. The van der Waals surface area contributed by atoms with Gasteiger partial charge in [-0.2, -0.15) is 5.10 Å². The van der Waals surface area contributed by atoms with Crippen LogP contribution in [-0.2, 0) is 0 Å². The summed E-state index contributed by atoms with van der Waals surface area (Å²) in [5.41, 5.74) is 1.50. The molecule has 8 heteroatoms. The number of hydrogen-bond donors (Lipinski definition) is 0. The lowest BCUT2D eigenvalue weighted by Crippen LogP contribution is -2.35. The van der Waals surface area contributed by atoms with Crippen LogP contribution < -0.4 is 4.90 Å². The minimum absolute atomic E-state index is 0.0313. The first-order valence-corrected chi connectivity index (χ1v) is 9.52. The maximum atomic E-state index is 12.9. The van der Waals surface area contributed by atoms with E-state index in [0.717, 1.165) is 36.9 Å². The molecule has 0 atom stereocenters. The maximum Gasteiger partial charge on any atom is 0.272 e. The molecule has 1 aliphatic rings. The molecule has 0 spiro atoms. The summed E-state index contributed by atoms with van der Waals surface area (Å²) in [7, 11) is 0. The smallest absolute Gasteiger partial charge is 0.272 e. The van der Waals surface area contributed by atoms with E-state index in [1.807, 2.05) is 36.2 Å². The van der Waals surface area contributed by atoms with Gasteiger partial charge in [-0.15, -0.1) is 11.3 Å². The zero-order valence-electron chi connectivity index (χ0n) is 14.6. The highest BCUT2D eigenvalue weighted by molar-refractivity contribution is 7.13. The number of rotatable bonds is 3. The second-order valence-corrected chi connectivity index (χ2v) is 7.07. The molecule has 1 aliphatic heterocycles. The lowest BCUT2D eigenvalue weighted by molar-refractivity contribution is 0.0761. The van der Waals surface area contributed by atoms with Crippen molar-refractivity contribution in [3.8, 4) is 5.82 Å². The Bertz CT molecular complexity index is 891.